The summed E-state index contributed by atoms with van der Waals surface area (Å²) >= 11 is 0. The average molecular weight is 213 g/mol. The Kier molecular flexibility index (Phi) is 29.1. The average Bonchev–Trinajstić information content (AvgIpc) is 0.722. The van der Waals surface area contributed by atoms with Crippen LogP contribution >= 0.6 is 7.82 Å². The fraction of sp³-hybridized carbons (Fsp3) is 0. The quantitative estimate of drug-likeness (QED) is 0.314. The zero-order chi connectivity index (χ0) is 4.50. The van der Waals surface area contributed by atoms with Crippen molar-refractivity contribution in [3.05, 3.63) is 0 Å². The van der Waals surface area contributed by atoms with Gasteiger partial charge in [-0.05, 0) is 0 Å². The van der Waals surface area contributed by atoms with Crippen LogP contribution in [0.3, 0.4) is 0 Å². The fourth-order valence-electron chi connectivity index (χ4n) is 0. The Balaban J connectivity index is -0.0000000267. The van der Waals surface area contributed by atoms with Gasteiger partial charge in [0.2, 0.25) is 0 Å². The molecule has 0 atom stereocenters. The van der Waals surface area contributed by atoms with Gasteiger partial charge in [-0.15, -0.1) is 0 Å². The van der Waals surface area contributed by atoms with Gasteiger partial charge in [0, 0.05) is 18.6 Å². The van der Waals surface area contributed by atoms with Gasteiger partial charge >= 0.3 is 88.8 Å². The van der Waals surface area contributed by atoms with Gasteiger partial charge in [0.05, 0.1) is 0 Å². The van der Waals surface area contributed by atoms with Crippen molar-refractivity contribution >= 4 is 88.8 Å². The first kappa shape index (κ1) is 22.5. The Morgan fingerprint density at radius 2 is 1.12 bits per heavy atom. The van der Waals surface area contributed by atoms with E-state index in [0.717, 1.165) is 0 Å². The van der Waals surface area contributed by atoms with Crippen LogP contribution in [-0.4, -0.2) is 95.6 Å². The summed E-state index contributed by atoms with van der Waals surface area (Å²) in [5.41, 5.74) is 0. The van der Waals surface area contributed by atoms with Gasteiger partial charge in [0.25, 0.3) is 0 Å². The molecule has 0 heterocycles. The van der Waals surface area contributed by atoms with E-state index in [-0.39, 0.29) is 99.5 Å². The van der Waals surface area contributed by atoms with E-state index in [0.29, 0.717) is 0 Å². The number of rotatable bonds is 0. The SMILES string of the molecule is O=P(O)(O)O.[KH].[NaH].[V]. The molecule has 0 aromatic rings. The van der Waals surface area contributed by atoms with E-state index in [1.807, 2.05) is 0 Å². The van der Waals surface area contributed by atoms with E-state index < -0.39 is 7.82 Å². The fourth-order valence-corrected chi connectivity index (χ4v) is 0. The molecule has 0 saturated heterocycles. The topological polar surface area (TPSA) is 77.8 Å². The van der Waals surface area contributed by atoms with E-state index in [4.69, 9.17) is 19.2 Å². The van der Waals surface area contributed by atoms with E-state index in [1.165, 1.54) is 0 Å². The molecule has 0 aliphatic carbocycles. The molecule has 0 saturated carbocycles. The summed E-state index contributed by atoms with van der Waals surface area (Å²) in [6.07, 6.45) is 0. The third kappa shape index (κ3) is 58.4. The molecule has 8 heteroatoms. The molecule has 1 radical (unpaired) electrons. The zero-order valence-electron chi connectivity index (χ0n) is 2.64. The predicted octanol–water partition coefficient (Wildman–Crippen LogP) is -2.23. The molecule has 0 bridgehead atoms. The van der Waals surface area contributed by atoms with Crippen molar-refractivity contribution in [3.8, 4) is 0 Å². The molecule has 0 aromatic carbocycles. The van der Waals surface area contributed by atoms with E-state index in [1.54, 1.807) is 0 Å². The van der Waals surface area contributed by atoms with Gasteiger partial charge in [0.15, 0.2) is 0 Å². The number of hydrogen-bond acceptors (Lipinski definition) is 1. The molecule has 8 heavy (non-hydrogen) atoms. The Labute approximate surface area is 124 Å². The Bertz CT molecular complexity index is 62.2. The number of phosphoric acid groups is 1. The Hall–Kier alpha value is 3.33. The molecule has 0 amide bonds. The van der Waals surface area contributed by atoms with Gasteiger partial charge in [-0.3, -0.25) is 0 Å². The van der Waals surface area contributed by atoms with Crippen molar-refractivity contribution in [1.29, 1.82) is 0 Å². The van der Waals surface area contributed by atoms with Gasteiger partial charge in [-0.1, -0.05) is 0 Å². The summed E-state index contributed by atoms with van der Waals surface area (Å²) in [6.45, 7) is 0. The first-order chi connectivity index (χ1) is 2.00. The molecule has 4 nitrogen and oxygen atoms in total. The Morgan fingerprint density at radius 1 is 1.12 bits per heavy atom. The van der Waals surface area contributed by atoms with Gasteiger partial charge in [-0.25, -0.2) is 4.57 Å². The second-order valence-electron chi connectivity index (χ2n) is 0.513. The predicted molar refractivity (Wildman–Crippen MR) is 28.6 cm³/mol. The van der Waals surface area contributed by atoms with Crippen molar-refractivity contribution in [2.24, 2.45) is 0 Å². The standard InChI is InChI=1S/K.Na.H3O4P.V.2H/c;;1-5(2,3)4;;;/h;;(H3,1,2,3,4);;;. The Morgan fingerprint density at radius 3 is 1.12 bits per heavy atom. The summed E-state index contributed by atoms with van der Waals surface area (Å²) in [5.74, 6) is 0. The molecule has 0 unspecified atom stereocenters. The van der Waals surface area contributed by atoms with Crippen LogP contribution in [0.15, 0.2) is 0 Å². The summed E-state index contributed by atoms with van der Waals surface area (Å²) in [6, 6.07) is 0. The van der Waals surface area contributed by atoms with E-state index in [2.05, 4.69) is 0 Å². The molecule has 0 aliphatic heterocycles. The molecule has 0 fully saturated rings. The van der Waals surface area contributed by atoms with Gasteiger partial charge in [0.1, 0.15) is 0 Å². The summed E-state index contributed by atoms with van der Waals surface area (Å²) < 4.78 is 8.88. The van der Waals surface area contributed by atoms with Crippen LogP contribution in [0.25, 0.3) is 0 Å². The summed E-state index contributed by atoms with van der Waals surface area (Å²) in [4.78, 5) is 21.6. The van der Waals surface area contributed by atoms with Crippen molar-refractivity contribution in [2.75, 3.05) is 0 Å². The third-order valence-electron chi connectivity index (χ3n) is 0. The molecule has 0 aromatic heterocycles. The molecular weight excluding hydrogens is 208 g/mol. The maximum Gasteiger partial charge on any atom is 0 e. The first-order valence-corrected chi connectivity index (χ1v) is 2.35. The van der Waals surface area contributed by atoms with Crippen molar-refractivity contribution in [2.45, 2.75) is 0 Å². The minimum absolute atomic E-state index is 0. The molecule has 0 spiro atoms. The molecule has 0 aliphatic rings. The third-order valence-corrected chi connectivity index (χ3v) is 0. The zero-order valence-corrected chi connectivity index (χ0v) is 4.94. The van der Waals surface area contributed by atoms with Crippen LogP contribution in [0.2, 0.25) is 0 Å². The van der Waals surface area contributed by atoms with Crippen molar-refractivity contribution < 1.29 is 37.8 Å². The van der Waals surface area contributed by atoms with Crippen LogP contribution in [0.1, 0.15) is 0 Å². The maximum absolute atomic E-state index is 8.88. The smallest absolute Gasteiger partial charge is 0 e. The minimum Gasteiger partial charge on any atom is 0 e. The molecule has 41 valence electrons. The second-order valence-corrected chi connectivity index (χ2v) is 1.54. The van der Waals surface area contributed by atoms with E-state index in [9.17, 15) is 0 Å². The van der Waals surface area contributed by atoms with E-state index >= 15 is 0 Å². The van der Waals surface area contributed by atoms with Crippen LogP contribution in [0.5, 0.6) is 0 Å². The van der Waals surface area contributed by atoms with Gasteiger partial charge in [-0.2, -0.15) is 0 Å². The van der Waals surface area contributed by atoms with Crippen molar-refractivity contribution in [3.63, 3.8) is 0 Å². The minimum atomic E-state index is -4.64. The van der Waals surface area contributed by atoms with Crippen molar-refractivity contribution in [1.82, 2.24) is 0 Å². The molecule has 3 N–H and O–H groups in total. The first-order valence-electron chi connectivity index (χ1n) is 0.783. The van der Waals surface area contributed by atoms with Gasteiger partial charge < -0.3 is 14.7 Å². The normalized spacial score (nSPS) is 7.38. The second kappa shape index (κ2) is 10.3. The van der Waals surface area contributed by atoms with Crippen LogP contribution in [-0.2, 0) is 23.1 Å². The largest absolute Gasteiger partial charge is 0 e. The maximum atomic E-state index is 8.88. The summed E-state index contributed by atoms with van der Waals surface area (Å²) in [5, 5.41) is 0. The van der Waals surface area contributed by atoms with Crippen LogP contribution in [0, 0.1) is 0 Å². The van der Waals surface area contributed by atoms with Crippen LogP contribution < -0.4 is 0 Å². The molecule has 0 rings (SSSR count). The monoisotopic (exact) mass is 213 g/mol. The van der Waals surface area contributed by atoms with Crippen LogP contribution in [0.4, 0.5) is 0 Å². The number of hydrogen-bond donors (Lipinski definition) is 3. The summed E-state index contributed by atoms with van der Waals surface area (Å²) in [7, 11) is -4.64. The molecular formula is H5KNaO4PV.